The molecule has 15 heavy (non-hydrogen) atoms. The molecule has 84 valence electrons. The summed E-state index contributed by atoms with van der Waals surface area (Å²) >= 11 is 0. The minimum atomic E-state index is -0.188. The van der Waals surface area contributed by atoms with Crippen molar-refractivity contribution >= 4 is 0 Å². The lowest BCUT2D eigenvalue weighted by Gasteiger charge is -2.17. The molecule has 0 amide bonds. The second-order valence-electron chi connectivity index (χ2n) is 3.78. The van der Waals surface area contributed by atoms with Crippen LogP contribution in [0, 0.1) is 5.82 Å². The van der Waals surface area contributed by atoms with Gasteiger partial charge in [0, 0.05) is 5.56 Å². The predicted octanol–water partition coefficient (Wildman–Crippen LogP) is 0.613. The van der Waals surface area contributed by atoms with Crippen LogP contribution < -0.4 is 4.90 Å². The Kier molecular flexibility index (Phi) is 5.29. The van der Waals surface area contributed by atoms with Gasteiger partial charge in [-0.05, 0) is 18.6 Å². The largest absolute Gasteiger partial charge is 0.391 e. The van der Waals surface area contributed by atoms with Crippen molar-refractivity contribution in [2.75, 3.05) is 19.7 Å². The van der Waals surface area contributed by atoms with E-state index < -0.39 is 0 Å². The molecule has 3 heteroatoms. The first-order chi connectivity index (χ1) is 7.26. The Bertz CT molecular complexity index is 285. The van der Waals surface area contributed by atoms with Crippen LogP contribution in [0.5, 0.6) is 0 Å². The van der Waals surface area contributed by atoms with Gasteiger partial charge in [-0.15, -0.1) is 0 Å². The number of rotatable bonds is 6. The molecule has 1 atom stereocenters. The number of aliphatic hydroxyl groups excluding tert-OH is 1. The van der Waals surface area contributed by atoms with Crippen molar-refractivity contribution in [3.63, 3.8) is 0 Å². The van der Waals surface area contributed by atoms with Crippen LogP contribution in [-0.4, -0.2) is 24.8 Å². The van der Waals surface area contributed by atoms with Crippen molar-refractivity contribution in [3.05, 3.63) is 35.6 Å². The highest BCUT2D eigenvalue weighted by molar-refractivity contribution is 5.14. The minimum absolute atomic E-state index is 0.185. The fourth-order valence-corrected chi connectivity index (χ4v) is 1.75. The Morgan fingerprint density at radius 2 is 2.13 bits per heavy atom. The molecule has 2 N–H and O–H groups in total. The number of halogens is 1. The first-order valence-electron chi connectivity index (χ1n) is 5.45. The number of quaternary nitrogens is 1. The highest BCUT2D eigenvalue weighted by Gasteiger charge is 2.07. The third kappa shape index (κ3) is 4.40. The topological polar surface area (TPSA) is 24.7 Å². The number of aliphatic hydroxyl groups is 1. The molecule has 0 spiro atoms. The Morgan fingerprint density at radius 3 is 2.73 bits per heavy atom. The summed E-state index contributed by atoms with van der Waals surface area (Å²) < 4.78 is 12.9. The Balaban J connectivity index is 2.56. The van der Waals surface area contributed by atoms with E-state index in [2.05, 4.69) is 6.92 Å². The predicted molar refractivity (Wildman–Crippen MR) is 58.2 cm³/mol. The molecule has 0 heterocycles. The van der Waals surface area contributed by atoms with Crippen LogP contribution >= 0.6 is 0 Å². The molecule has 0 saturated heterocycles. The molecule has 1 rings (SSSR count). The maximum atomic E-state index is 12.9. The summed E-state index contributed by atoms with van der Waals surface area (Å²) in [6.07, 6.45) is 1.07. The average Bonchev–Trinajstić information content (AvgIpc) is 2.18. The smallest absolute Gasteiger partial charge is 0.123 e. The Morgan fingerprint density at radius 1 is 1.33 bits per heavy atom. The zero-order valence-corrected chi connectivity index (χ0v) is 9.17. The molecule has 0 saturated carbocycles. The van der Waals surface area contributed by atoms with Gasteiger partial charge in [0.25, 0.3) is 0 Å². The lowest BCUT2D eigenvalue weighted by atomic mass is 10.2. The maximum absolute atomic E-state index is 12.9. The van der Waals surface area contributed by atoms with E-state index in [1.165, 1.54) is 11.0 Å². The summed E-state index contributed by atoms with van der Waals surface area (Å²) in [5.41, 5.74) is 0.993. The SMILES string of the molecule is CCC[NH+](CCO)Cc1cccc(F)c1. The van der Waals surface area contributed by atoms with Crippen LogP contribution in [0.25, 0.3) is 0 Å². The molecule has 1 unspecified atom stereocenters. The Hall–Kier alpha value is -0.930. The van der Waals surface area contributed by atoms with Gasteiger partial charge in [-0.25, -0.2) is 4.39 Å². The zero-order chi connectivity index (χ0) is 11.1. The first-order valence-corrected chi connectivity index (χ1v) is 5.45. The van der Waals surface area contributed by atoms with Gasteiger partial charge in [-0.3, -0.25) is 0 Å². The van der Waals surface area contributed by atoms with Crippen molar-refractivity contribution in [1.29, 1.82) is 0 Å². The fourth-order valence-electron chi connectivity index (χ4n) is 1.75. The summed E-state index contributed by atoms with van der Waals surface area (Å²) in [6.45, 7) is 4.82. The molecule has 0 aliphatic carbocycles. The third-order valence-electron chi connectivity index (χ3n) is 2.41. The molecular weight excluding hydrogens is 193 g/mol. The summed E-state index contributed by atoms with van der Waals surface area (Å²) in [5, 5.41) is 8.90. The van der Waals surface area contributed by atoms with Gasteiger partial charge < -0.3 is 10.0 Å². The molecule has 1 aromatic carbocycles. The second kappa shape index (κ2) is 6.53. The van der Waals surface area contributed by atoms with Gasteiger partial charge in [0.15, 0.2) is 0 Å². The molecule has 0 aliphatic heterocycles. The van der Waals surface area contributed by atoms with E-state index in [9.17, 15) is 4.39 Å². The molecule has 1 aromatic rings. The summed E-state index contributed by atoms with van der Waals surface area (Å²) in [5.74, 6) is -0.188. The lowest BCUT2D eigenvalue weighted by molar-refractivity contribution is -0.914. The van der Waals surface area contributed by atoms with E-state index in [0.717, 1.165) is 31.6 Å². The molecule has 0 radical (unpaired) electrons. The molecule has 0 fully saturated rings. The highest BCUT2D eigenvalue weighted by atomic mass is 19.1. The summed E-state index contributed by atoms with van der Waals surface area (Å²) in [7, 11) is 0. The van der Waals surface area contributed by atoms with Crippen LogP contribution in [0.2, 0.25) is 0 Å². The van der Waals surface area contributed by atoms with Crippen molar-refractivity contribution in [2.24, 2.45) is 0 Å². The molecular formula is C12H19FNO+. The van der Waals surface area contributed by atoms with E-state index in [1.54, 1.807) is 12.1 Å². The van der Waals surface area contributed by atoms with E-state index in [1.807, 2.05) is 6.07 Å². The highest BCUT2D eigenvalue weighted by Crippen LogP contribution is 2.01. The molecule has 0 bridgehead atoms. The first kappa shape index (κ1) is 12.1. The van der Waals surface area contributed by atoms with E-state index in [0.29, 0.717) is 0 Å². The van der Waals surface area contributed by atoms with Gasteiger partial charge in [0.2, 0.25) is 0 Å². The van der Waals surface area contributed by atoms with Gasteiger partial charge in [0.1, 0.15) is 18.9 Å². The minimum Gasteiger partial charge on any atom is -0.391 e. The molecule has 2 nitrogen and oxygen atoms in total. The molecule has 0 aliphatic rings. The summed E-state index contributed by atoms with van der Waals surface area (Å²) in [4.78, 5) is 1.30. The van der Waals surface area contributed by atoms with Crippen molar-refractivity contribution < 1.29 is 14.4 Å². The number of hydrogen-bond acceptors (Lipinski definition) is 1. The van der Waals surface area contributed by atoms with Gasteiger partial charge in [-0.2, -0.15) is 0 Å². The van der Waals surface area contributed by atoms with Crippen molar-refractivity contribution in [3.8, 4) is 0 Å². The van der Waals surface area contributed by atoms with E-state index >= 15 is 0 Å². The third-order valence-corrected chi connectivity index (χ3v) is 2.41. The van der Waals surface area contributed by atoms with Crippen LogP contribution in [0.1, 0.15) is 18.9 Å². The zero-order valence-electron chi connectivity index (χ0n) is 9.17. The number of hydrogen-bond donors (Lipinski definition) is 2. The normalized spacial score (nSPS) is 12.7. The average molecular weight is 212 g/mol. The second-order valence-corrected chi connectivity index (χ2v) is 3.78. The standard InChI is InChI=1S/C12H18FNO/c1-2-6-14(7-8-15)10-11-4-3-5-12(13)9-11/h3-5,9,15H,2,6-8,10H2,1H3/p+1. The van der Waals surface area contributed by atoms with E-state index in [4.69, 9.17) is 5.11 Å². The van der Waals surface area contributed by atoms with Crippen molar-refractivity contribution in [1.82, 2.24) is 0 Å². The van der Waals surface area contributed by atoms with E-state index in [-0.39, 0.29) is 12.4 Å². The fraction of sp³-hybridized carbons (Fsp3) is 0.500. The number of benzene rings is 1. The van der Waals surface area contributed by atoms with Crippen LogP contribution in [-0.2, 0) is 6.54 Å². The Labute approximate surface area is 90.3 Å². The van der Waals surface area contributed by atoms with Gasteiger partial charge >= 0.3 is 0 Å². The quantitative estimate of drug-likeness (QED) is 0.709. The van der Waals surface area contributed by atoms with Crippen LogP contribution in [0.15, 0.2) is 24.3 Å². The lowest BCUT2D eigenvalue weighted by Crippen LogP contribution is -3.11. The van der Waals surface area contributed by atoms with Crippen molar-refractivity contribution in [2.45, 2.75) is 19.9 Å². The number of nitrogens with one attached hydrogen (secondary N) is 1. The van der Waals surface area contributed by atoms with Gasteiger partial charge in [0.05, 0.1) is 13.2 Å². The molecule has 0 aromatic heterocycles. The van der Waals surface area contributed by atoms with Crippen LogP contribution in [0.4, 0.5) is 4.39 Å². The summed E-state index contributed by atoms with van der Waals surface area (Å²) in [6, 6.07) is 6.67. The van der Waals surface area contributed by atoms with Crippen LogP contribution in [0.3, 0.4) is 0 Å². The van der Waals surface area contributed by atoms with Gasteiger partial charge in [-0.1, -0.05) is 19.1 Å². The monoisotopic (exact) mass is 212 g/mol. The maximum Gasteiger partial charge on any atom is 0.123 e.